The van der Waals surface area contributed by atoms with Gasteiger partial charge in [-0.05, 0) is 44.4 Å². The summed E-state index contributed by atoms with van der Waals surface area (Å²) in [4.78, 5) is 6.90. The summed E-state index contributed by atoms with van der Waals surface area (Å²) in [6, 6.07) is 0. The third-order valence-corrected chi connectivity index (χ3v) is 5.00. The van der Waals surface area contributed by atoms with Crippen LogP contribution in [0.2, 0.25) is 0 Å². The third-order valence-electron chi connectivity index (χ3n) is 5.00. The van der Waals surface area contributed by atoms with Crippen molar-refractivity contribution >= 4 is 5.96 Å². The number of rotatable bonds is 2. The van der Waals surface area contributed by atoms with Crippen LogP contribution in [0.25, 0.3) is 0 Å². The van der Waals surface area contributed by atoms with Crippen molar-refractivity contribution in [2.45, 2.75) is 57.1 Å². The van der Waals surface area contributed by atoms with Crippen LogP contribution in [0.1, 0.15) is 45.4 Å². The zero-order valence-corrected chi connectivity index (χ0v) is 11.4. The quantitative estimate of drug-likeness (QED) is 0.813. The molecule has 0 radical (unpaired) electrons. The zero-order chi connectivity index (χ0) is 12.6. The van der Waals surface area contributed by atoms with Crippen LogP contribution in [0.4, 0.5) is 0 Å². The van der Waals surface area contributed by atoms with Gasteiger partial charge in [0.05, 0.1) is 18.2 Å². The van der Waals surface area contributed by atoms with Gasteiger partial charge < -0.3 is 15.4 Å². The summed E-state index contributed by atoms with van der Waals surface area (Å²) in [5.41, 5.74) is 6.34. The van der Waals surface area contributed by atoms with E-state index in [1.54, 1.807) is 0 Å². The highest BCUT2D eigenvalue weighted by Crippen LogP contribution is 2.39. The molecule has 1 saturated carbocycles. The van der Waals surface area contributed by atoms with Crippen LogP contribution in [0.15, 0.2) is 4.99 Å². The van der Waals surface area contributed by atoms with E-state index < -0.39 is 0 Å². The molecule has 0 bridgehead atoms. The predicted octanol–water partition coefficient (Wildman–Crippen LogP) is 1.74. The second kappa shape index (κ2) is 4.72. The van der Waals surface area contributed by atoms with E-state index in [4.69, 9.17) is 10.5 Å². The zero-order valence-electron chi connectivity index (χ0n) is 11.4. The van der Waals surface area contributed by atoms with Gasteiger partial charge in [-0.25, -0.2) is 0 Å². The van der Waals surface area contributed by atoms with Crippen LogP contribution in [0, 0.1) is 5.92 Å². The lowest BCUT2D eigenvalue weighted by atomic mass is 9.76. The maximum Gasteiger partial charge on any atom is 0.191 e. The topological polar surface area (TPSA) is 50.8 Å². The van der Waals surface area contributed by atoms with Gasteiger partial charge in [-0.3, -0.25) is 4.99 Å². The van der Waals surface area contributed by atoms with Crippen molar-refractivity contribution in [3.05, 3.63) is 0 Å². The van der Waals surface area contributed by atoms with Crippen LogP contribution in [-0.2, 0) is 4.74 Å². The first kappa shape index (κ1) is 12.3. The minimum atomic E-state index is 0.225. The van der Waals surface area contributed by atoms with Crippen molar-refractivity contribution in [3.63, 3.8) is 0 Å². The van der Waals surface area contributed by atoms with Crippen molar-refractivity contribution < 1.29 is 4.74 Å². The number of aliphatic imine (C=N–C) groups is 1. The number of nitrogens with zero attached hydrogens (tertiary/aromatic N) is 2. The van der Waals surface area contributed by atoms with E-state index in [0.29, 0.717) is 6.10 Å². The molecule has 1 unspecified atom stereocenters. The first-order chi connectivity index (χ1) is 8.70. The minimum absolute atomic E-state index is 0.225. The largest absolute Gasteiger partial charge is 0.376 e. The molecule has 2 fully saturated rings. The highest BCUT2D eigenvalue weighted by Gasteiger charge is 2.44. The van der Waals surface area contributed by atoms with Gasteiger partial charge in [-0.2, -0.15) is 0 Å². The molecule has 102 valence electrons. The predicted molar refractivity (Wildman–Crippen MR) is 72.5 cm³/mol. The van der Waals surface area contributed by atoms with Gasteiger partial charge in [-0.15, -0.1) is 0 Å². The Kier molecular flexibility index (Phi) is 3.22. The Morgan fingerprint density at radius 3 is 2.83 bits per heavy atom. The van der Waals surface area contributed by atoms with Crippen LogP contribution >= 0.6 is 0 Å². The van der Waals surface area contributed by atoms with Gasteiger partial charge in [0.1, 0.15) is 0 Å². The summed E-state index contributed by atoms with van der Waals surface area (Å²) < 4.78 is 5.77. The maximum atomic E-state index is 6.12. The summed E-state index contributed by atoms with van der Waals surface area (Å²) in [7, 11) is 0. The first-order valence-electron chi connectivity index (χ1n) is 7.39. The molecule has 1 saturated heterocycles. The van der Waals surface area contributed by atoms with E-state index in [-0.39, 0.29) is 5.54 Å². The Bertz CT molecular complexity index is 328. The molecule has 3 rings (SSSR count). The summed E-state index contributed by atoms with van der Waals surface area (Å²) in [6.45, 7) is 5.12. The minimum Gasteiger partial charge on any atom is -0.376 e. The molecule has 0 aromatic rings. The van der Waals surface area contributed by atoms with E-state index in [1.165, 1.54) is 38.5 Å². The molecule has 0 amide bonds. The number of ether oxygens (including phenoxy) is 1. The molecule has 0 aromatic heterocycles. The molecule has 3 aliphatic rings. The van der Waals surface area contributed by atoms with Crippen LogP contribution < -0.4 is 5.73 Å². The third kappa shape index (κ3) is 2.11. The number of nitrogens with two attached hydrogens (primary N) is 1. The van der Waals surface area contributed by atoms with Crippen molar-refractivity contribution in [2.24, 2.45) is 16.6 Å². The molecule has 2 aliphatic heterocycles. The molecule has 1 aliphatic carbocycles. The normalized spacial score (nSPS) is 40.5. The molecule has 1 spiro atoms. The van der Waals surface area contributed by atoms with E-state index in [0.717, 1.165) is 31.6 Å². The summed E-state index contributed by atoms with van der Waals surface area (Å²) in [5, 5.41) is 0. The van der Waals surface area contributed by atoms with Gasteiger partial charge >= 0.3 is 0 Å². The molecule has 2 heterocycles. The monoisotopic (exact) mass is 251 g/mol. The number of hydrogen-bond donors (Lipinski definition) is 1. The summed E-state index contributed by atoms with van der Waals surface area (Å²) in [5.74, 6) is 1.61. The van der Waals surface area contributed by atoms with E-state index >= 15 is 0 Å². The first-order valence-corrected chi connectivity index (χ1v) is 7.39. The van der Waals surface area contributed by atoms with Crippen LogP contribution in [-0.4, -0.2) is 42.2 Å². The average molecular weight is 251 g/mol. The lowest BCUT2D eigenvalue weighted by Gasteiger charge is -2.44. The van der Waals surface area contributed by atoms with E-state index in [9.17, 15) is 0 Å². The second-order valence-electron chi connectivity index (χ2n) is 6.33. The summed E-state index contributed by atoms with van der Waals surface area (Å²) >= 11 is 0. The van der Waals surface area contributed by atoms with E-state index in [2.05, 4.69) is 16.8 Å². The highest BCUT2D eigenvalue weighted by molar-refractivity contribution is 5.81. The molecular weight excluding hydrogens is 226 g/mol. The Morgan fingerprint density at radius 2 is 2.17 bits per heavy atom. The van der Waals surface area contributed by atoms with E-state index in [1.807, 2.05) is 0 Å². The van der Waals surface area contributed by atoms with Gasteiger partial charge in [0.25, 0.3) is 0 Å². The SMILES string of the molecule is CC1CCC2(CC1)CN=C(N)N2CC1CCCO1. The van der Waals surface area contributed by atoms with Gasteiger partial charge in [0, 0.05) is 13.2 Å². The highest BCUT2D eigenvalue weighted by atomic mass is 16.5. The Labute approximate surface area is 110 Å². The van der Waals surface area contributed by atoms with Crippen LogP contribution in [0.5, 0.6) is 0 Å². The molecule has 18 heavy (non-hydrogen) atoms. The number of hydrogen-bond acceptors (Lipinski definition) is 4. The van der Waals surface area contributed by atoms with Crippen molar-refractivity contribution in [3.8, 4) is 0 Å². The number of guanidine groups is 1. The Balaban J connectivity index is 1.70. The Hall–Kier alpha value is -0.770. The molecular formula is C14H25N3O. The fourth-order valence-corrected chi connectivity index (χ4v) is 3.65. The van der Waals surface area contributed by atoms with Gasteiger partial charge in [-0.1, -0.05) is 6.92 Å². The summed E-state index contributed by atoms with van der Waals surface area (Å²) in [6.07, 6.45) is 7.84. The fraction of sp³-hybridized carbons (Fsp3) is 0.929. The maximum absolute atomic E-state index is 6.12. The molecule has 4 heteroatoms. The van der Waals surface area contributed by atoms with Crippen molar-refractivity contribution in [1.29, 1.82) is 0 Å². The molecule has 4 nitrogen and oxygen atoms in total. The van der Waals surface area contributed by atoms with Crippen molar-refractivity contribution in [1.82, 2.24) is 4.90 Å². The fourth-order valence-electron chi connectivity index (χ4n) is 3.65. The Morgan fingerprint density at radius 1 is 1.39 bits per heavy atom. The lowest BCUT2D eigenvalue weighted by Crippen LogP contribution is -2.55. The molecule has 0 aromatic carbocycles. The van der Waals surface area contributed by atoms with Gasteiger partial charge in [0.15, 0.2) is 5.96 Å². The standard InChI is InChI=1S/C14H25N3O/c1-11-4-6-14(7-5-11)10-16-13(15)17(14)9-12-3-2-8-18-12/h11-12H,2-10H2,1H3,(H2,15,16). The smallest absolute Gasteiger partial charge is 0.191 e. The van der Waals surface area contributed by atoms with Crippen molar-refractivity contribution in [2.75, 3.05) is 19.7 Å². The second-order valence-corrected chi connectivity index (χ2v) is 6.33. The average Bonchev–Trinajstić information content (AvgIpc) is 2.97. The van der Waals surface area contributed by atoms with Gasteiger partial charge in [0.2, 0.25) is 0 Å². The lowest BCUT2D eigenvalue weighted by molar-refractivity contribution is 0.0474. The molecule has 2 N–H and O–H groups in total. The molecule has 1 atom stereocenters. The van der Waals surface area contributed by atoms with Crippen LogP contribution in [0.3, 0.4) is 0 Å².